The second-order valence-corrected chi connectivity index (χ2v) is 1.59. The van der Waals surface area contributed by atoms with Gasteiger partial charge in [0.15, 0.2) is 0 Å². The molecule has 0 unspecified atom stereocenters. The van der Waals surface area contributed by atoms with Crippen LogP contribution in [0.25, 0.3) is 0 Å². The third kappa shape index (κ3) is 0.00641. The predicted molar refractivity (Wildman–Crippen MR) is 11.3 cm³/mol. The minimum Gasteiger partial charge on any atom is -0.195 e. The van der Waals surface area contributed by atoms with Crippen LogP contribution in [0.3, 0.4) is 0 Å². The highest BCUT2D eigenvalue weighted by molar-refractivity contribution is 5.33. The summed E-state index contributed by atoms with van der Waals surface area (Å²) >= 11 is 0. The molecule has 4 rings (SSSR count). The maximum absolute atomic E-state index is 2.33. The van der Waals surface area contributed by atoms with Gasteiger partial charge < -0.3 is 0 Å². The van der Waals surface area contributed by atoms with Crippen LogP contribution in [0.5, 0.6) is 0 Å². The summed E-state index contributed by atoms with van der Waals surface area (Å²) in [6.45, 7) is 0. The Morgan fingerprint density at radius 3 is 1.25 bits per heavy atom. The maximum atomic E-state index is 2.33. The predicted octanol–water partition coefficient (Wildman–Crippen LogP) is -0.802. The van der Waals surface area contributed by atoms with Crippen LogP contribution in [0.2, 0.25) is 0 Å². The average Bonchev–Trinajstić information content (AvgIpc) is 1.71. The number of rotatable bonds is 0. The Hall–Kier alpha value is -0.0800. The fourth-order valence-corrected chi connectivity index (χ4v) is 0.610. The number of nitrogens with zero attached hydrogens (tertiary/aromatic N) is 2. The van der Waals surface area contributed by atoms with Crippen LogP contribution >= 0.6 is 0 Å². The van der Waals surface area contributed by atoms with Crippen molar-refractivity contribution in [3.63, 3.8) is 0 Å². The zero-order valence-electron chi connectivity index (χ0n) is 2.05. The lowest BCUT2D eigenvalue weighted by molar-refractivity contribution is 0.839. The monoisotopic (exact) mass is 54.0 g/mol. The lowest BCUT2D eigenvalue weighted by Gasteiger charge is -1.19. The van der Waals surface area contributed by atoms with E-state index in [1.807, 2.05) is 0 Å². The Bertz CT molecular complexity index is 47.0. The summed E-state index contributed by atoms with van der Waals surface area (Å²) in [5.41, 5.74) is 0. The maximum Gasteiger partial charge on any atom is 0.125 e. The summed E-state index contributed by atoms with van der Waals surface area (Å²) in [7, 11) is 0. The van der Waals surface area contributed by atoms with Gasteiger partial charge in [0.05, 0.1) is 0 Å². The first-order valence-electron chi connectivity index (χ1n) is 1.57. The van der Waals surface area contributed by atoms with E-state index < -0.39 is 0 Å². The molecule has 0 N–H and O–H groups in total. The van der Waals surface area contributed by atoms with Crippen molar-refractivity contribution in [3.8, 4) is 0 Å². The highest BCUT2D eigenvalue weighted by Gasteiger charge is 2.97. The Morgan fingerprint density at radius 1 is 1.00 bits per heavy atom. The van der Waals surface area contributed by atoms with Gasteiger partial charge in [-0.2, -0.15) is 10.0 Å². The van der Waals surface area contributed by atoms with Crippen molar-refractivity contribution in [1.82, 2.24) is 10.0 Å². The summed E-state index contributed by atoms with van der Waals surface area (Å²) in [5.74, 6) is 0. The summed E-state index contributed by atoms with van der Waals surface area (Å²) in [4.78, 5) is 0. The fourth-order valence-electron chi connectivity index (χ4n) is 0.610. The van der Waals surface area contributed by atoms with Crippen LogP contribution in [-0.4, -0.2) is 22.3 Å². The molecule has 0 radical (unpaired) electrons. The van der Waals surface area contributed by atoms with Crippen LogP contribution in [0.15, 0.2) is 0 Å². The highest BCUT2D eigenvalue weighted by atomic mass is 16.2. The summed E-state index contributed by atoms with van der Waals surface area (Å²) in [5, 5.41) is 4.67. The average molecular weight is 54.1 g/mol. The van der Waals surface area contributed by atoms with Crippen molar-refractivity contribution in [1.29, 1.82) is 0 Å². The number of hydrogen-bond donors (Lipinski definition) is 0. The summed E-state index contributed by atoms with van der Waals surface area (Å²) in [6, 6.07) is 0. The van der Waals surface area contributed by atoms with Gasteiger partial charge in [0.2, 0.25) is 0 Å². The van der Waals surface area contributed by atoms with Crippen LogP contribution in [0, 0.1) is 0 Å². The summed E-state index contributed by atoms with van der Waals surface area (Å²) in [6.07, 6.45) is 2.00. The zero-order chi connectivity index (χ0) is 2.31. The molecule has 2 nitrogen and oxygen atoms in total. The van der Waals surface area contributed by atoms with Crippen LogP contribution in [0.4, 0.5) is 0 Å². The quantitative estimate of drug-likeness (QED) is 0.334. The molecule has 4 aliphatic rings. The molecule has 4 saturated heterocycles. The van der Waals surface area contributed by atoms with E-state index in [-0.39, 0.29) is 0 Å². The first kappa shape index (κ1) is 0.954. The summed E-state index contributed by atoms with van der Waals surface area (Å²) < 4.78 is 0. The Labute approximate surface area is 23.6 Å². The van der Waals surface area contributed by atoms with E-state index >= 15 is 0 Å². The Balaban J connectivity index is 3.00. The van der Waals surface area contributed by atoms with E-state index in [4.69, 9.17) is 0 Å². The third-order valence-electron chi connectivity index (χ3n) is 1.33. The van der Waals surface area contributed by atoms with Gasteiger partial charge in [-0.15, -0.1) is 0 Å². The third-order valence-corrected chi connectivity index (χ3v) is 1.33. The molecule has 4 heterocycles. The molecule has 0 aromatic heterocycles. The molecular formula is C2H2N2. The van der Waals surface area contributed by atoms with E-state index in [9.17, 15) is 0 Å². The molecule has 4 aliphatic heterocycles. The van der Waals surface area contributed by atoms with Gasteiger partial charge in [0.25, 0.3) is 0 Å². The van der Waals surface area contributed by atoms with Crippen molar-refractivity contribution in [2.24, 2.45) is 0 Å². The number of hydrazine groups is 1. The Kier molecular flexibility index (Phi) is 0.0181. The van der Waals surface area contributed by atoms with Crippen molar-refractivity contribution in [2.45, 2.75) is 12.3 Å². The zero-order valence-corrected chi connectivity index (χ0v) is 2.05. The minimum absolute atomic E-state index is 1.000. The van der Waals surface area contributed by atoms with E-state index in [0.29, 0.717) is 0 Å². The van der Waals surface area contributed by atoms with Gasteiger partial charge in [-0.25, -0.2) is 0 Å². The first-order chi connectivity index (χ1) is 2.00. The van der Waals surface area contributed by atoms with E-state index in [2.05, 4.69) is 10.0 Å². The minimum atomic E-state index is 1.000. The van der Waals surface area contributed by atoms with Gasteiger partial charge in [-0.3, -0.25) is 0 Å². The van der Waals surface area contributed by atoms with Gasteiger partial charge in [0.1, 0.15) is 12.3 Å². The van der Waals surface area contributed by atoms with Gasteiger partial charge in [-0.05, 0) is 0 Å². The van der Waals surface area contributed by atoms with Crippen LogP contribution in [-0.2, 0) is 0 Å². The molecule has 0 amide bonds. The highest BCUT2D eigenvalue weighted by Crippen LogP contribution is 2.74. The molecule has 4 fully saturated rings. The lowest BCUT2D eigenvalue weighted by atomic mass is 11.0. The molecule has 0 saturated carbocycles. The standard InChI is InChI=1S/C2H2N2/c1-2-3(1)4(1)2/h1-2H. The molecule has 2 heteroatoms. The Morgan fingerprint density at radius 2 is 1.25 bits per heavy atom. The fraction of sp³-hybridized carbons (Fsp3) is 1.00. The van der Waals surface area contributed by atoms with Gasteiger partial charge in [-0.1, -0.05) is 0 Å². The molecule has 0 aromatic carbocycles. The van der Waals surface area contributed by atoms with Crippen molar-refractivity contribution < 1.29 is 0 Å². The van der Waals surface area contributed by atoms with Crippen molar-refractivity contribution in [3.05, 3.63) is 0 Å². The molecule has 0 aromatic rings. The lowest BCUT2D eigenvalue weighted by Crippen LogP contribution is -1.32. The second-order valence-electron chi connectivity index (χ2n) is 1.59. The molecule has 0 atom stereocenters. The van der Waals surface area contributed by atoms with Crippen molar-refractivity contribution >= 4 is 0 Å². The molecule has 0 aliphatic carbocycles. The second kappa shape index (κ2) is 0.0758. The molecule has 0 spiro atoms. The largest absolute Gasteiger partial charge is 0.195 e. The van der Waals surface area contributed by atoms with E-state index in [1.165, 1.54) is 0 Å². The SMILES string of the molecule is C12C3N1N23. The smallest absolute Gasteiger partial charge is 0.125 e. The molecule has 20 valence electrons. The van der Waals surface area contributed by atoms with Gasteiger partial charge >= 0.3 is 0 Å². The molecule has 4 heavy (non-hydrogen) atoms. The molecular weight excluding hydrogens is 52.0 g/mol. The van der Waals surface area contributed by atoms with E-state index in [0.717, 1.165) is 12.3 Å². The first-order valence-corrected chi connectivity index (χ1v) is 1.57. The van der Waals surface area contributed by atoms with Crippen LogP contribution in [0.1, 0.15) is 0 Å². The molecule has 0 bridgehead atoms. The number of hydrogen-bond acceptors (Lipinski definition) is 2. The van der Waals surface area contributed by atoms with Crippen LogP contribution < -0.4 is 0 Å². The van der Waals surface area contributed by atoms with Gasteiger partial charge in [0, 0.05) is 0 Å². The normalized spacial score (nSPS) is 108. The van der Waals surface area contributed by atoms with Crippen molar-refractivity contribution in [2.75, 3.05) is 0 Å². The van der Waals surface area contributed by atoms with E-state index in [1.54, 1.807) is 0 Å². The topological polar surface area (TPSA) is 6.02 Å².